The molecule has 0 amide bonds. The van der Waals surface area contributed by atoms with Crippen molar-refractivity contribution in [2.24, 2.45) is 0 Å². The van der Waals surface area contributed by atoms with Gasteiger partial charge >= 0.3 is 0 Å². The quantitative estimate of drug-likeness (QED) is 0.660. The number of nitrogens with zero attached hydrogens (tertiary/aromatic N) is 4. The van der Waals surface area contributed by atoms with Gasteiger partial charge in [0, 0.05) is 6.54 Å². The molecule has 3 aromatic rings. The predicted octanol–water partition coefficient (Wildman–Crippen LogP) is 4.12. The summed E-state index contributed by atoms with van der Waals surface area (Å²) in [5.41, 5.74) is 2.92. The number of aromatic nitrogens is 1. The molecule has 0 aliphatic carbocycles. The van der Waals surface area contributed by atoms with Crippen molar-refractivity contribution in [2.45, 2.75) is 18.9 Å². The van der Waals surface area contributed by atoms with Crippen molar-refractivity contribution in [1.82, 2.24) is 9.88 Å². The minimum atomic E-state index is -0.453. The fourth-order valence-electron chi connectivity index (χ4n) is 3.23. The highest BCUT2D eigenvalue weighted by Crippen LogP contribution is 2.33. The fraction of sp³-hybridized carbons (Fsp3) is 0.211. The van der Waals surface area contributed by atoms with Crippen LogP contribution in [0.4, 0.5) is 4.39 Å². The average molecular weight is 332 g/mol. The van der Waals surface area contributed by atoms with Crippen LogP contribution in [-0.4, -0.2) is 16.4 Å². The number of nitriles is 2. The van der Waals surface area contributed by atoms with Gasteiger partial charge in [-0.2, -0.15) is 10.5 Å². The molecule has 1 aliphatic heterocycles. The van der Waals surface area contributed by atoms with E-state index in [-0.39, 0.29) is 11.6 Å². The zero-order valence-electron chi connectivity index (χ0n) is 13.2. The molecule has 0 spiro atoms. The maximum atomic E-state index is 13.7. The van der Waals surface area contributed by atoms with Gasteiger partial charge in [0.2, 0.25) is 5.89 Å². The van der Waals surface area contributed by atoms with Gasteiger partial charge in [-0.1, -0.05) is 6.07 Å². The second-order valence-corrected chi connectivity index (χ2v) is 6.03. The average Bonchev–Trinajstić information content (AvgIpc) is 3.26. The zero-order valence-corrected chi connectivity index (χ0v) is 13.2. The normalized spacial score (nSPS) is 16.8. The maximum absolute atomic E-state index is 13.7. The SMILES string of the molecule is N#Cc1cc(F)cc(-c2ccc3oc([C@@H]4CCCN4C#N)nc3c2)c1. The maximum Gasteiger partial charge on any atom is 0.218 e. The van der Waals surface area contributed by atoms with Crippen molar-refractivity contribution in [2.75, 3.05) is 6.54 Å². The zero-order chi connectivity index (χ0) is 17.4. The Morgan fingerprint density at radius 3 is 2.84 bits per heavy atom. The molecule has 5 nitrogen and oxygen atoms in total. The van der Waals surface area contributed by atoms with Crippen molar-refractivity contribution >= 4 is 11.1 Å². The van der Waals surface area contributed by atoms with Crippen molar-refractivity contribution in [3.8, 4) is 23.4 Å². The standard InChI is InChI=1S/C19H13FN4O/c20-15-7-12(10-21)6-14(8-15)13-3-4-18-16(9-13)23-19(25-18)17-2-1-5-24(17)11-22/h3-4,6-9,17H,1-2,5H2/t17-/m0/s1. The summed E-state index contributed by atoms with van der Waals surface area (Å²) in [4.78, 5) is 6.20. The Hall–Kier alpha value is -3.38. The number of benzene rings is 2. The molecule has 1 fully saturated rings. The van der Waals surface area contributed by atoms with Gasteiger partial charge in [-0.25, -0.2) is 9.37 Å². The molecule has 1 aliphatic rings. The molecule has 122 valence electrons. The van der Waals surface area contributed by atoms with Crippen LogP contribution < -0.4 is 0 Å². The van der Waals surface area contributed by atoms with Gasteiger partial charge in [-0.05, 0) is 54.3 Å². The number of hydrogen-bond donors (Lipinski definition) is 0. The molecule has 0 N–H and O–H groups in total. The lowest BCUT2D eigenvalue weighted by Gasteiger charge is -2.13. The van der Waals surface area contributed by atoms with Gasteiger partial charge in [0.25, 0.3) is 0 Å². The minimum Gasteiger partial charge on any atom is -0.438 e. The lowest BCUT2D eigenvalue weighted by atomic mass is 10.0. The molecule has 0 bridgehead atoms. The summed E-state index contributed by atoms with van der Waals surface area (Å²) in [6.45, 7) is 0.714. The van der Waals surface area contributed by atoms with Crippen LogP contribution >= 0.6 is 0 Å². The molecule has 1 saturated heterocycles. The van der Waals surface area contributed by atoms with Crippen LogP contribution in [0.5, 0.6) is 0 Å². The lowest BCUT2D eigenvalue weighted by molar-refractivity contribution is 0.314. The summed E-state index contributed by atoms with van der Waals surface area (Å²) in [7, 11) is 0. The van der Waals surface area contributed by atoms with Crippen LogP contribution in [0.25, 0.3) is 22.2 Å². The van der Waals surface area contributed by atoms with Gasteiger partial charge in [0.05, 0.1) is 11.6 Å². The molecular formula is C19H13FN4O. The molecule has 4 rings (SSSR count). The number of halogens is 1. The largest absolute Gasteiger partial charge is 0.438 e. The minimum absolute atomic E-state index is 0.125. The lowest BCUT2D eigenvalue weighted by Crippen LogP contribution is -2.17. The van der Waals surface area contributed by atoms with Gasteiger partial charge in [0.15, 0.2) is 11.8 Å². The van der Waals surface area contributed by atoms with E-state index in [0.29, 0.717) is 29.1 Å². The van der Waals surface area contributed by atoms with Crippen molar-refractivity contribution in [1.29, 1.82) is 10.5 Å². The molecule has 2 heterocycles. The number of rotatable bonds is 2. The second-order valence-electron chi connectivity index (χ2n) is 6.03. The van der Waals surface area contributed by atoms with E-state index < -0.39 is 5.82 Å². The van der Waals surface area contributed by atoms with Crippen LogP contribution in [0.2, 0.25) is 0 Å². The Balaban J connectivity index is 1.75. The van der Waals surface area contributed by atoms with Crippen LogP contribution in [0, 0.1) is 28.6 Å². The van der Waals surface area contributed by atoms with Crippen molar-refractivity contribution in [3.63, 3.8) is 0 Å². The topological polar surface area (TPSA) is 76.8 Å². The third kappa shape index (κ3) is 2.68. The van der Waals surface area contributed by atoms with E-state index in [2.05, 4.69) is 11.2 Å². The van der Waals surface area contributed by atoms with Gasteiger partial charge < -0.3 is 4.42 Å². The molecular weight excluding hydrogens is 319 g/mol. The Morgan fingerprint density at radius 1 is 1.16 bits per heavy atom. The molecule has 0 radical (unpaired) electrons. The first-order valence-corrected chi connectivity index (χ1v) is 7.96. The Labute approximate surface area is 143 Å². The summed E-state index contributed by atoms with van der Waals surface area (Å²) >= 11 is 0. The van der Waals surface area contributed by atoms with Crippen LogP contribution in [0.3, 0.4) is 0 Å². The predicted molar refractivity (Wildman–Crippen MR) is 88.4 cm³/mol. The molecule has 1 aromatic heterocycles. The van der Waals surface area contributed by atoms with Crippen molar-refractivity contribution < 1.29 is 8.81 Å². The van der Waals surface area contributed by atoms with Crippen molar-refractivity contribution in [3.05, 3.63) is 53.7 Å². The van der Waals surface area contributed by atoms with Crippen LogP contribution in [0.15, 0.2) is 40.8 Å². The van der Waals surface area contributed by atoms with Gasteiger partial charge in [-0.15, -0.1) is 0 Å². The third-order valence-corrected chi connectivity index (χ3v) is 4.43. The Bertz CT molecular complexity index is 1040. The third-order valence-electron chi connectivity index (χ3n) is 4.43. The molecule has 0 unspecified atom stereocenters. The molecule has 6 heteroatoms. The van der Waals surface area contributed by atoms with E-state index >= 15 is 0 Å². The van der Waals surface area contributed by atoms with E-state index in [1.807, 2.05) is 18.2 Å². The second kappa shape index (κ2) is 5.92. The number of hydrogen-bond acceptors (Lipinski definition) is 5. The fourth-order valence-corrected chi connectivity index (χ4v) is 3.23. The van der Waals surface area contributed by atoms with Gasteiger partial charge in [-0.3, -0.25) is 4.90 Å². The Morgan fingerprint density at radius 2 is 2.04 bits per heavy atom. The van der Waals surface area contributed by atoms with Gasteiger partial charge in [0.1, 0.15) is 17.4 Å². The van der Waals surface area contributed by atoms with E-state index in [9.17, 15) is 9.65 Å². The summed E-state index contributed by atoms with van der Waals surface area (Å²) in [6.07, 6.45) is 3.94. The summed E-state index contributed by atoms with van der Waals surface area (Å²) in [5.74, 6) is 0.0776. The van der Waals surface area contributed by atoms with E-state index in [1.54, 1.807) is 17.0 Å². The summed E-state index contributed by atoms with van der Waals surface area (Å²) in [6, 6.07) is 11.5. The Kier molecular flexibility index (Phi) is 3.59. The first-order valence-electron chi connectivity index (χ1n) is 7.96. The molecule has 2 aromatic carbocycles. The number of fused-ring (bicyclic) bond motifs is 1. The monoisotopic (exact) mass is 332 g/mol. The molecule has 1 atom stereocenters. The molecule has 25 heavy (non-hydrogen) atoms. The van der Waals surface area contributed by atoms with E-state index in [4.69, 9.17) is 9.68 Å². The van der Waals surface area contributed by atoms with Crippen LogP contribution in [0.1, 0.15) is 30.3 Å². The molecule has 0 saturated carbocycles. The smallest absolute Gasteiger partial charge is 0.218 e. The van der Waals surface area contributed by atoms with Crippen LogP contribution in [-0.2, 0) is 0 Å². The number of likely N-dealkylation sites (tertiary alicyclic amines) is 1. The summed E-state index contributed by atoms with van der Waals surface area (Å²) in [5, 5.41) is 18.2. The highest BCUT2D eigenvalue weighted by Gasteiger charge is 2.29. The van der Waals surface area contributed by atoms with E-state index in [1.165, 1.54) is 12.1 Å². The van der Waals surface area contributed by atoms with E-state index in [0.717, 1.165) is 18.4 Å². The highest BCUT2D eigenvalue weighted by molar-refractivity contribution is 5.80. The summed E-state index contributed by atoms with van der Waals surface area (Å²) < 4.78 is 19.5. The number of oxazole rings is 1. The first kappa shape index (κ1) is 15.2. The highest BCUT2D eigenvalue weighted by atomic mass is 19.1. The first-order chi connectivity index (χ1) is 12.2.